The second-order valence-electron chi connectivity index (χ2n) is 5.61. The van der Waals surface area contributed by atoms with Crippen LogP contribution >= 0.6 is 0 Å². The molecule has 0 saturated heterocycles. The molecule has 1 aromatic carbocycles. The standard InChI is InChI=1S/C17H17N3O3/c1-20-9-8-11(10-15(20)21)16(22)19-14-5-3-2-4-13(14)17(23)18-12-6-7-12/h2-5,8-10,12H,6-7H2,1H3,(H,18,23)(H,19,22). The highest BCUT2D eigenvalue weighted by Gasteiger charge is 2.25. The Balaban J connectivity index is 1.81. The Morgan fingerprint density at radius 3 is 2.57 bits per heavy atom. The average molecular weight is 311 g/mol. The van der Waals surface area contributed by atoms with Crippen molar-refractivity contribution in [1.29, 1.82) is 0 Å². The number of benzene rings is 1. The van der Waals surface area contributed by atoms with Gasteiger partial charge in [0.15, 0.2) is 0 Å². The van der Waals surface area contributed by atoms with Crippen molar-refractivity contribution in [2.75, 3.05) is 5.32 Å². The minimum absolute atomic E-state index is 0.202. The molecule has 0 radical (unpaired) electrons. The van der Waals surface area contributed by atoms with Gasteiger partial charge in [0.2, 0.25) is 0 Å². The number of amides is 2. The number of nitrogens with zero attached hydrogens (tertiary/aromatic N) is 1. The average Bonchev–Trinajstić information content (AvgIpc) is 3.34. The molecule has 0 atom stereocenters. The fraction of sp³-hybridized carbons (Fsp3) is 0.235. The van der Waals surface area contributed by atoms with Gasteiger partial charge in [-0.25, -0.2) is 0 Å². The quantitative estimate of drug-likeness (QED) is 0.898. The number of anilines is 1. The van der Waals surface area contributed by atoms with Gasteiger partial charge in [0.25, 0.3) is 17.4 Å². The van der Waals surface area contributed by atoms with Gasteiger partial charge < -0.3 is 15.2 Å². The zero-order valence-corrected chi connectivity index (χ0v) is 12.7. The van der Waals surface area contributed by atoms with Gasteiger partial charge in [-0.15, -0.1) is 0 Å². The molecule has 0 spiro atoms. The van der Waals surface area contributed by atoms with Crippen LogP contribution in [0.5, 0.6) is 0 Å². The van der Waals surface area contributed by atoms with Crippen molar-refractivity contribution in [3.8, 4) is 0 Å². The van der Waals surface area contributed by atoms with Crippen molar-refractivity contribution in [2.45, 2.75) is 18.9 Å². The van der Waals surface area contributed by atoms with Crippen LogP contribution in [0.3, 0.4) is 0 Å². The molecule has 0 unspecified atom stereocenters. The molecule has 6 nitrogen and oxygen atoms in total. The lowest BCUT2D eigenvalue weighted by Crippen LogP contribution is -2.27. The van der Waals surface area contributed by atoms with Crippen molar-refractivity contribution in [3.63, 3.8) is 0 Å². The van der Waals surface area contributed by atoms with E-state index in [0.717, 1.165) is 12.8 Å². The third-order valence-corrected chi connectivity index (χ3v) is 3.70. The van der Waals surface area contributed by atoms with Gasteiger partial charge in [-0.05, 0) is 31.0 Å². The number of carbonyl (C=O) groups is 2. The lowest BCUT2D eigenvalue weighted by Gasteiger charge is -2.11. The Bertz CT molecular complexity index is 822. The first-order valence-corrected chi connectivity index (χ1v) is 7.42. The number of aromatic nitrogens is 1. The monoisotopic (exact) mass is 311 g/mol. The summed E-state index contributed by atoms with van der Waals surface area (Å²) >= 11 is 0. The van der Waals surface area contributed by atoms with Crippen molar-refractivity contribution in [2.24, 2.45) is 7.05 Å². The lowest BCUT2D eigenvalue weighted by atomic mass is 10.1. The number of pyridine rings is 1. The second-order valence-corrected chi connectivity index (χ2v) is 5.61. The van der Waals surface area contributed by atoms with Gasteiger partial charge in [-0.2, -0.15) is 0 Å². The van der Waals surface area contributed by atoms with E-state index in [9.17, 15) is 14.4 Å². The maximum atomic E-state index is 12.3. The first-order chi connectivity index (χ1) is 11.0. The molecule has 2 aromatic rings. The molecule has 0 aliphatic heterocycles. The minimum Gasteiger partial charge on any atom is -0.349 e. The van der Waals surface area contributed by atoms with Crippen LogP contribution in [0.25, 0.3) is 0 Å². The molecule has 1 heterocycles. The zero-order valence-electron chi connectivity index (χ0n) is 12.7. The Morgan fingerprint density at radius 1 is 1.13 bits per heavy atom. The largest absolute Gasteiger partial charge is 0.349 e. The van der Waals surface area contributed by atoms with Crippen LogP contribution in [-0.4, -0.2) is 22.4 Å². The van der Waals surface area contributed by atoms with E-state index in [1.54, 1.807) is 37.4 Å². The number of para-hydroxylation sites is 1. The molecule has 6 heteroatoms. The van der Waals surface area contributed by atoms with Crippen LogP contribution in [0.15, 0.2) is 47.4 Å². The smallest absolute Gasteiger partial charge is 0.255 e. The summed E-state index contributed by atoms with van der Waals surface area (Å²) in [4.78, 5) is 36.1. The number of rotatable bonds is 4. The fourth-order valence-corrected chi connectivity index (χ4v) is 2.17. The summed E-state index contributed by atoms with van der Waals surface area (Å²) in [5, 5.41) is 5.60. The summed E-state index contributed by atoms with van der Waals surface area (Å²) in [5.41, 5.74) is 0.829. The zero-order chi connectivity index (χ0) is 16.4. The summed E-state index contributed by atoms with van der Waals surface area (Å²) in [6, 6.07) is 9.89. The molecular formula is C17H17N3O3. The highest BCUT2D eigenvalue weighted by Crippen LogP contribution is 2.21. The Labute approximate surface area is 133 Å². The lowest BCUT2D eigenvalue weighted by molar-refractivity contribution is 0.0952. The van der Waals surface area contributed by atoms with E-state index in [1.165, 1.54) is 16.8 Å². The molecule has 1 fully saturated rings. The first-order valence-electron chi connectivity index (χ1n) is 7.42. The van der Waals surface area contributed by atoms with Gasteiger partial charge >= 0.3 is 0 Å². The Morgan fingerprint density at radius 2 is 1.87 bits per heavy atom. The van der Waals surface area contributed by atoms with Crippen LogP contribution < -0.4 is 16.2 Å². The highest BCUT2D eigenvalue weighted by molar-refractivity contribution is 6.09. The molecule has 1 saturated carbocycles. The third-order valence-electron chi connectivity index (χ3n) is 3.70. The van der Waals surface area contributed by atoms with Crippen LogP contribution in [0.1, 0.15) is 33.6 Å². The van der Waals surface area contributed by atoms with E-state index in [2.05, 4.69) is 10.6 Å². The highest BCUT2D eigenvalue weighted by atomic mass is 16.2. The van der Waals surface area contributed by atoms with Crippen molar-refractivity contribution >= 4 is 17.5 Å². The van der Waals surface area contributed by atoms with Crippen LogP contribution in [0.4, 0.5) is 5.69 Å². The van der Waals surface area contributed by atoms with E-state index in [1.807, 2.05) is 0 Å². The van der Waals surface area contributed by atoms with Crippen molar-refractivity contribution in [1.82, 2.24) is 9.88 Å². The molecule has 2 amide bonds. The maximum Gasteiger partial charge on any atom is 0.255 e. The molecule has 1 aliphatic rings. The van der Waals surface area contributed by atoms with Gasteiger partial charge in [-0.3, -0.25) is 14.4 Å². The predicted molar refractivity (Wildman–Crippen MR) is 86.6 cm³/mol. The van der Waals surface area contributed by atoms with Crippen molar-refractivity contribution in [3.05, 3.63) is 64.1 Å². The summed E-state index contributed by atoms with van der Waals surface area (Å²) in [6.45, 7) is 0. The normalized spacial score (nSPS) is 13.4. The second kappa shape index (κ2) is 6.08. The summed E-state index contributed by atoms with van der Waals surface area (Å²) in [5.74, 6) is -0.623. The Hall–Kier alpha value is -2.89. The number of carbonyl (C=O) groups excluding carboxylic acids is 2. The van der Waals surface area contributed by atoms with Crippen molar-refractivity contribution < 1.29 is 9.59 Å². The molecule has 118 valence electrons. The molecule has 0 bridgehead atoms. The molecular weight excluding hydrogens is 294 g/mol. The molecule has 3 rings (SSSR count). The van der Waals surface area contributed by atoms with E-state index in [4.69, 9.17) is 0 Å². The molecule has 1 aromatic heterocycles. The van der Waals surface area contributed by atoms with E-state index < -0.39 is 5.91 Å². The molecule has 23 heavy (non-hydrogen) atoms. The number of hydrogen-bond donors (Lipinski definition) is 2. The number of nitrogens with one attached hydrogen (secondary N) is 2. The predicted octanol–water partition coefficient (Wildman–Crippen LogP) is 1.53. The Kier molecular flexibility index (Phi) is 3.97. The minimum atomic E-state index is -0.422. The topological polar surface area (TPSA) is 80.2 Å². The van der Waals surface area contributed by atoms with Crippen LogP contribution in [0, 0.1) is 0 Å². The fourth-order valence-electron chi connectivity index (χ4n) is 2.17. The van der Waals surface area contributed by atoms with Gasteiger partial charge in [0.1, 0.15) is 0 Å². The maximum absolute atomic E-state index is 12.3. The first kappa shape index (κ1) is 15.0. The molecule has 1 aliphatic carbocycles. The van der Waals surface area contributed by atoms with Crippen LogP contribution in [0.2, 0.25) is 0 Å². The summed E-state index contributed by atoms with van der Waals surface area (Å²) in [6.07, 6.45) is 3.52. The molecule has 2 N–H and O–H groups in total. The summed E-state index contributed by atoms with van der Waals surface area (Å²) < 4.78 is 1.38. The number of hydrogen-bond acceptors (Lipinski definition) is 3. The van der Waals surface area contributed by atoms with Gasteiger partial charge in [0.05, 0.1) is 11.3 Å². The third kappa shape index (κ3) is 3.48. The van der Waals surface area contributed by atoms with E-state index >= 15 is 0 Å². The van der Waals surface area contributed by atoms with Gasteiger partial charge in [0, 0.05) is 30.9 Å². The summed E-state index contributed by atoms with van der Waals surface area (Å²) in [7, 11) is 1.61. The number of aryl methyl sites for hydroxylation is 1. The van der Waals surface area contributed by atoms with Gasteiger partial charge in [-0.1, -0.05) is 12.1 Å². The SMILES string of the molecule is Cn1ccc(C(=O)Nc2ccccc2C(=O)NC2CC2)cc1=O. The van der Waals surface area contributed by atoms with E-state index in [0.29, 0.717) is 11.3 Å². The van der Waals surface area contributed by atoms with E-state index in [-0.39, 0.29) is 23.1 Å². The van der Waals surface area contributed by atoms with Crippen LogP contribution in [-0.2, 0) is 7.05 Å².